The molecule has 8 nitrogen and oxygen atoms in total. The highest BCUT2D eigenvalue weighted by Crippen LogP contribution is 2.36. The van der Waals surface area contributed by atoms with Gasteiger partial charge in [-0.25, -0.2) is 19.7 Å². The molecule has 0 spiro atoms. The number of anilines is 2. The second kappa shape index (κ2) is 9.17. The van der Waals surface area contributed by atoms with E-state index >= 15 is 0 Å². The Morgan fingerprint density at radius 2 is 1.73 bits per heavy atom. The van der Waals surface area contributed by atoms with E-state index in [9.17, 15) is 18.0 Å². The summed E-state index contributed by atoms with van der Waals surface area (Å²) in [6.07, 6.45) is 1.65. The minimum Gasteiger partial charge on any atom is -0.439 e. The number of benzene rings is 2. The van der Waals surface area contributed by atoms with E-state index in [1.807, 2.05) is 0 Å². The van der Waals surface area contributed by atoms with Crippen molar-refractivity contribution in [3.63, 3.8) is 0 Å². The van der Waals surface area contributed by atoms with Gasteiger partial charge in [-0.2, -0.15) is 13.2 Å². The standard InChI is InChI=1S/C21H14ClF3N6O2/c22-17-6-3-14(9-16(17)21(23,24)25)30-20(32)29-13-1-4-15(5-2-13)33-19-10-18(27-11-28-19)31-8-7-26-12-31/h1-12H,(H2,29,30,32). The first kappa shape index (κ1) is 22.1. The summed E-state index contributed by atoms with van der Waals surface area (Å²) in [6, 6.07) is 10.3. The van der Waals surface area contributed by atoms with Gasteiger partial charge in [0.15, 0.2) is 0 Å². The first-order valence-corrected chi connectivity index (χ1v) is 9.69. The molecule has 0 aliphatic carbocycles. The van der Waals surface area contributed by atoms with E-state index in [1.54, 1.807) is 53.6 Å². The minimum atomic E-state index is -4.63. The fourth-order valence-corrected chi connectivity index (χ4v) is 2.99. The Hall–Kier alpha value is -4.12. The molecule has 2 amide bonds. The van der Waals surface area contributed by atoms with E-state index in [0.29, 0.717) is 23.1 Å². The number of alkyl halides is 3. The van der Waals surface area contributed by atoms with Crippen LogP contribution in [0.3, 0.4) is 0 Å². The molecule has 0 unspecified atom stereocenters. The van der Waals surface area contributed by atoms with Gasteiger partial charge in [0.25, 0.3) is 0 Å². The highest BCUT2D eigenvalue weighted by atomic mass is 35.5. The summed E-state index contributed by atoms with van der Waals surface area (Å²) in [5.74, 6) is 1.32. The summed E-state index contributed by atoms with van der Waals surface area (Å²) in [7, 11) is 0. The molecule has 2 heterocycles. The Morgan fingerprint density at radius 1 is 1.00 bits per heavy atom. The Morgan fingerprint density at radius 3 is 2.42 bits per heavy atom. The number of amides is 2. The van der Waals surface area contributed by atoms with E-state index in [2.05, 4.69) is 25.6 Å². The van der Waals surface area contributed by atoms with Crippen molar-refractivity contribution in [2.45, 2.75) is 6.18 Å². The van der Waals surface area contributed by atoms with Crippen molar-refractivity contribution in [3.8, 4) is 17.4 Å². The van der Waals surface area contributed by atoms with Gasteiger partial charge < -0.3 is 15.4 Å². The largest absolute Gasteiger partial charge is 0.439 e. The molecule has 4 rings (SSSR count). The van der Waals surface area contributed by atoms with Crippen molar-refractivity contribution in [2.75, 3.05) is 10.6 Å². The van der Waals surface area contributed by atoms with Gasteiger partial charge in [-0.15, -0.1) is 0 Å². The lowest BCUT2D eigenvalue weighted by atomic mass is 10.2. The van der Waals surface area contributed by atoms with Gasteiger partial charge in [0, 0.05) is 29.8 Å². The van der Waals surface area contributed by atoms with Gasteiger partial charge in [-0.05, 0) is 42.5 Å². The molecule has 12 heteroatoms. The normalized spacial score (nSPS) is 11.2. The molecule has 0 saturated carbocycles. The molecule has 4 aromatic rings. The van der Waals surface area contributed by atoms with E-state index in [4.69, 9.17) is 16.3 Å². The number of hydrogen-bond acceptors (Lipinski definition) is 5. The Bertz CT molecular complexity index is 1260. The Kier molecular flexibility index (Phi) is 6.13. The van der Waals surface area contributed by atoms with Crippen LogP contribution in [0.25, 0.3) is 5.82 Å². The maximum absolute atomic E-state index is 13.0. The zero-order valence-electron chi connectivity index (χ0n) is 16.5. The van der Waals surface area contributed by atoms with E-state index in [-0.39, 0.29) is 5.69 Å². The van der Waals surface area contributed by atoms with Crippen LogP contribution in [0.5, 0.6) is 11.6 Å². The molecule has 0 aliphatic heterocycles. The Labute approximate surface area is 190 Å². The topological polar surface area (TPSA) is 94.0 Å². The fraction of sp³-hybridized carbons (Fsp3) is 0.0476. The van der Waals surface area contributed by atoms with Crippen molar-refractivity contribution in [1.29, 1.82) is 0 Å². The van der Waals surface area contributed by atoms with E-state index < -0.39 is 22.8 Å². The van der Waals surface area contributed by atoms with Crippen LogP contribution in [-0.2, 0) is 6.18 Å². The van der Waals surface area contributed by atoms with Gasteiger partial charge >= 0.3 is 12.2 Å². The van der Waals surface area contributed by atoms with Crippen LogP contribution in [0.15, 0.2) is 73.6 Å². The van der Waals surface area contributed by atoms with Crippen LogP contribution in [0.4, 0.5) is 29.3 Å². The molecule has 0 fully saturated rings. The van der Waals surface area contributed by atoms with Crippen LogP contribution in [0.2, 0.25) is 5.02 Å². The number of rotatable bonds is 5. The van der Waals surface area contributed by atoms with Crippen LogP contribution < -0.4 is 15.4 Å². The zero-order chi connectivity index (χ0) is 23.4. The predicted octanol–water partition coefficient (Wildman–Crippen LogP) is 5.77. The highest BCUT2D eigenvalue weighted by molar-refractivity contribution is 6.31. The smallest absolute Gasteiger partial charge is 0.417 e. The summed E-state index contributed by atoms with van der Waals surface area (Å²) < 4.78 is 46.3. The van der Waals surface area contributed by atoms with Crippen molar-refractivity contribution in [1.82, 2.24) is 19.5 Å². The first-order valence-electron chi connectivity index (χ1n) is 9.31. The third kappa shape index (κ3) is 5.57. The lowest BCUT2D eigenvalue weighted by molar-refractivity contribution is -0.137. The Balaban J connectivity index is 1.38. The van der Waals surface area contributed by atoms with Gasteiger partial charge in [0.2, 0.25) is 5.88 Å². The molecule has 0 aliphatic rings. The average molecular weight is 475 g/mol. The molecule has 2 aromatic carbocycles. The molecular formula is C21H14ClF3N6O2. The van der Waals surface area contributed by atoms with Gasteiger partial charge in [0.1, 0.15) is 24.2 Å². The molecule has 168 valence electrons. The van der Waals surface area contributed by atoms with Gasteiger partial charge in [-0.1, -0.05) is 11.6 Å². The number of imidazole rings is 1. The molecule has 33 heavy (non-hydrogen) atoms. The molecule has 2 aromatic heterocycles. The maximum Gasteiger partial charge on any atom is 0.417 e. The number of halogens is 4. The quantitative estimate of drug-likeness (QED) is 0.383. The number of ether oxygens (including phenoxy) is 1. The first-order chi connectivity index (χ1) is 15.8. The van der Waals surface area contributed by atoms with E-state index in [0.717, 1.165) is 12.1 Å². The predicted molar refractivity (Wildman–Crippen MR) is 115 cm³/mol. The molecule has 0 atom stereocenters. The average Bonchev–Trinajstić information content (AvgIpc) is 3.31. The number of carbonyl (C=O) groups excluding carboxylic acids is 1. The van der Waals surface area contributed by atoms with Crippen LogP contribution in [-0.4, -0.2) is 25.6 Å². The lowest BCUT2D eigenvalue weighted by Gasteiger charge is -2.12. The molecule has 0 saturated heterocycles. The zero-order valence-corrected chi connectivity index (χ0v) is 17.3. The lowest BCUT2D eigenvalue weighted by Crippen LogP contribution is -2.19. The van der Waals surface area contributed by atoms with Crippen molar-refractivity contribution >= 4 is 29.0 Å². The second-order valence-corrected chi connectivity index (χ2v) is 6.99. The van der Waals surface area contributed by atoms with Crippen molar-refractivity contribution in [2.24, 2.45) is 0 Å². The SMILES string of the molecule is O=C(Nc1ccc(Oc2cc(-n3ccnc3)ncn2)cc1)Nc1ccc(Cl)c(C(F)(F)F)c1. The van der Waals surface area contributed by atoms with Crippen LogP contribution in [0.1, 0.15) is 5.56 Å². The fourth-order valence-electron chi connectivity index (χ4n) is 2.76. The molecule has 0 radical (unpaired) electrons. The summed E-state index contributed by atoms with van der Waals surface area (Å²) >= 11 is 5.58. The monoisotopic (exact) mass is 474 g/mol. The number of aromatic nitrogens is 4. The minimum absolute atomic E-state index is 0.0540. The van der Waals surface area contributed by atoms with Crippen molar-refractivity contribution < 1.29 is 22.7 Å². The summed E-state index contributed by atoms with van der Waals surface area (Å²) in [6.45, 7) is 0. The third-order valence-electron chi connectivity index (χ3n) is 4.26. The van der Waals surface area contributed by atoms with Crippen molar-refractivity contribution in [3.05, 3.63) is 84.2 Å². The van der Waals surface area contributed by atoms with Gasteiger partial charge in [0.05, 0.1) is 10.6 Å². The number of hydrogen-bond donors (Lipinski definition) is 2. The number of nitrogens with one attached hydrogen (secondary N) is 2. The third-order valence-corrected chi connectivity index (χ3v) is 4.59. The van der Waals surface area contributed by atoms with Crippen LogP contribution in [0, 0.1) is 0 Å². The summed E-state index contributed by atoms with van der Waals surface area (Å²) in [4.78, 5) is 24.3. The number of carbonyl (C=O) groups is 1. The van der Waals surface area contributed by atoms with E-state index in [1.165, 1.54) is 12.4 Å². The number of urea groups is 1. The maximum atomic E-state index is 13.0. The molecular weight excluding hydrogens is 461 g/mol. The second-order valence-electron chi connectivity index (χ2n) is 6.58. The van der Waals surface area contributed by atoms with Gasteiger partial charge in [-0.3, -0.25) is 4.57 Å². The summed E-state index contributed by atoms with van der Waals surface area (Å²) in [5.41, 5.74) is -0.697. The summed E-state index contributed by atoms with van der Waals surface area (Å²) in [5, 5.41) is 4.41. The number of nitrogens with zero attached hydrogens (tertiary/aromatic N) is 4. The molecule has 2 N–H and O–H groups in total. The highest BCUT2D eigenvalue weighted by Gasteiger charge is 2.33. The van der Waals surface area contributed by atoms with Crippen LogP contribution >= 0.6 is 11.6 Å². The molecule has 0 bridgehead atoms.